The van der Waals surface area contributed by atoms with Crippen LogP contribution in [0.15, 0.2) is 96.6 Å². The SMILES string of the molecule is O=C1[C@@H]2[C@H](C(=O)N1c1ccc(Cl)cc1Cl)[C@H]1C=C[C@H]2C1=C(c1ccccc1)c1ccccc1. The minimum Gasteiger partial charge on any atom is -0.274 e. The molecule has 0 aromatic heterocycles. The lowest BCUT2D eigenvalue weighted by Crippen LogP contribution is -2.33. The van der Waals surface area contributed by atoms with Gasteiger partial charge in [0, 0.05) is 16.9 Å². The van der Waals surface area contributed by atoms with Gasteiger partial charge in [-0.15, -0.1) is 0 Å². The van der Waals surface area contributed by atoms with Crippen LogP contribution < -0.4 is 4.90 Å². The van der Waals surface area contributed by atoms with E-state index in [9.17, 15) is 9.59 Å². The van der Waals surface area contributed by atoms with Crippen molar-refractivity contribution in [3.05, 3.63) is 118 Å². The molecule has 0 radical (unpaired) electrons. The number of carbonyl (C=O) groups is 2. The number of benzene rings is 3. The van der Waals surface area contributed by atoms with E-state index in [1.807, 2.05) is 36.4 Å². The summed E-state index contributed by atoms with van der Waals surface area (Å²) in [6, 6.07) is 25.3. The number of hydrogen-bond donors (Lipinski definition) is 0. The van der Waals surface area contributed by atoms with Crippen LogP contribution in [0.5, 0.6) is 0 Å². The number of hydrogen-bond acceptors (Lipinski definition) is 2. The number of imide groups is 1. The summed E-state index contributed by atoms with van der Waals surface area (Å²) in [6.45, 7) is 0. The number of nitrogens with zero attached hydrogens (tertiary/aromatic N) is 1. The molecule has 3 nitrogen and oxygen atoms in total. The predicted octanol–water partition coefficient (Wildman–Crippen LogP) is 6.42. The first-order valence-electron chi connectivity index (χ1n) is 10.9. The first-order valence-corrected chi connectivity index (χ1v) is 11.7. The second kappa shape index (κ2) is 7.72. The summed E-state index contributed by atoms with van der Waals surface area (Å²) in [5, 5.41) is 0.764. The Kier molecular flexibility index (Phi) is 4.79. The number of anilines is 1. The monoisotopic (exact) mass is 471 g/mol. The van der Waals surface area contributed by atoms with Crippen molar-refractivity contribution in [3.63, 3.8) is 0 Å². The van der Waals surface area contributed by atoms with Crippen molar-refractivity contribution in [2.75, 3.05) is 4.90 Å². The molecule has 3 aromatic rings. The zero-order valence-corrected chi connectivity index (χ0v) is 19.0. The van der Waals surface area contributed by atoms with Crippen LogP contribution in [0.3, 0.4) is 0 Å². The van der Waals surface area contributed by atoms with Crippen LogP contribution in [-0.2, 0) is 9.59 Å². The van der Waals surface area contributed by atoms with Crippen LogP contribution in [0.4, 0.5) is 5.69 Å². The zero-order chi connectivity index (χ0) is 22.7. The number of rotatable bonds is 3. The van der Waals surface area contributed by atoms with Crippen molar-refractivity contribution in [2.24, 2.45) is 23.7 Å². The molecule has 2 fully saturated rings. The van der Waals surface area contributed by atoms with Gasteiger partial charge in [0.1, 0.15) is 0 Å². The van der Waals surface area contributed by atoms with E-state index in [0.717, 1.165) is 22.3 Å². The smallest absolute Gasteiger partial charge is 0.238 e. The third-order valence-electron chi connectivity index (χ3n) is 6.98. The van der Waals surface area contributed by atoms with E-state index in [0.29, 0.717) is 15.7 Å². The van der Waals surface area contributed by atoms with Gasteiger partial charge in [-0.1, -0.05) is 96.0 Å². The molecule has 2 bridgehead atoms. The molecule has 2 amide bonds. The lowest BCUT2D eigenvalue weighted by atomic mass is 9.85. The minimum absolute atomic E-state index is 0.122. The number of allylic oxidation sites excluding steroid dienone is 3. The second-order valence-electron chi connectivity index (χ2n) is 8.66. The topological polar surface area (TPSA) is 37.4 Å². The third kappa shape index (κ3) is 3.03. The van der Waals surface area contributed by atoms with Gasteiger partial charge in [-0.2, -0.15) is 0 Å². The maximum absolute atomic E-state index is 13.6. The Hall–Kier alpha value is -3.14. The van der Waals surface area contributed by atoms with E-state index in [-0.39, 0.29) is 23.7 Å². The normalized spacial score (nSPS) is 25.2. The van der Waals surface area contributed by atoms with Crippen LogP contribution in [0.2, 0.25) is 10.0 Å². The summed E-state index contributed by atoms with van der Waals surface area (Å²) in [5.74, 6) is -1.47. The fourth-order valence-corrected chi connectivity index (χ4v) is 6.20. The van der Waals surface area contributed by atoms with Gasteiger partial charge in [0.15, 0.2) is 0 Å². The van der Waals surface area contributed by atoms with Crippen LogP contribution in [0.25, 0.3) is 5.57 Å². The van der Waals surface area contributed by atoms with Crippen LogP contribution in [-0.4, -0.2) is 11.8 Å². The maximum Gasteiger partial charge on any atom is 0.238 e. The standard InChI is InChI=1S/C28H19Cl2NO2/c29-18-11-14-22(21(30)15-18)31-27(32)25-19-12-13-20(26(25)28(31)33)24(19)23(16-7-3-1-4-8-16)17-9-5-2-6-10-17/h1-15,19-20,25-26H/t19-,20-,25-,26+/m0/s1. The number of halogens is 2. The molecule has 1 heterocycles. The summed E-state index contributed by atoms with van der Waals surface area (Å²) >= 11 is 12.4. The Morgan fingerprint density at radius 1 is 0.697 bits per heavy atom. The van der Waals surface area contributed by atoms with Gasteiger partial charge in [-0.25, -0.2) is 4.90 Å². The highest BCUT2D eigenvalue weighted by Crippen LogP contribution is 2.59. The summed E-state index contributed by atoms with van der Waals surface area (Å²) in [4.78, 5) is 28.5. The largest absolute Gasteiger partial charge is 0.274 e. The van der Waals surface area contributed by atoms with Crippen molar-refractivity contribution in [3.8, 4) is 0 Å². The Balaban J connectivity index is 1.49. The highest BCUT2D eigenvalue weighted by Gasteiger charge is 2.62. The molecule has 33 heavy (non-hydrogen) atoms. The van der Waals surface area contributed by atoms with E-state index in [2.05, 4.69) is 36.4 Å². The number of carbonyl (C=O) groups excluding carboxylic acids is 2. The van der Waals surface area contributed by atoms with E-state index in [1.165, 1.54) is 4.90 Å². The highest BCUT2D eigenvalue weighted by atomic mass is 35.5. The Bertz CT molecular complexity index is 1270. The number of amides is 2. The molecule has 4 atom stereocenters. The Morgan fingerprint density at radius 3 is 1.70 bits per heavy atom. The lowest BCUT2D eigenvalue weighted by Gasteiger charge is -2.22. The number of fused-ring (bicyclic) bond motifs is 5. The summed E-state index contributed by atoms with van der Waals surface area (Å²) < 4.78 is 0. The van der Waals surface area contributed by atoms with Gasteiger partial charge in [-0.3, -0.25) is 9.59 Å². The van der Waals surface area contributed by atoms with Gasteiger partial charge in [0.25, 0.3) is 0 Å². The fraction of sp³-hybridized carbons (Fsp3) is 0.143. The van der Waals surface area contributed by atoms with Crippen LogP contribution >= 0.6 is 23.2 Å². The fourth-order valence-electron chi connectivity index (χ4n) is 5.71. The van der Waals surface area contributed by atoms with Gasteiger partial charge in [0.2, 0.25) is 11.8 Å². The summed E-state index contributed by atoms with van der Waals surface area (Å²) in [6.07, 6.45) is 4.20. The Morgan fingerprint density at radius 2 is 1.21 bits per heavy atom. The molecule has 0 N–H and O–H groups in total. The van der Waals surface area contributed by atoms with Crippen LogP contribution in [0, 0.1) is 23.7 Å². The highest BCUT2D eigenvalue weighted by molar-refractivity contribution is 6.38. The van der Waals surface area contributed by atoms with Crippen molar-refractivity contribution >= 4 is 46.3 Å². The van der Waals surface area contributed by atoms with E-state index in [4.69, 9.17) is 23.2 Å². The molecule has 3 aliphatic rings. The van der Waals surface area contributed by atoms with Crippen molar-refractivity contribution in [1.29, 1.82) is 0 Å². The average Bonchev–Trinajstić information content (AvgIpc) is 3.46. The molecular weight excluding hydrogens is 453 g/mol. The third-order valence-corrected chi connectivity index (χ3v) is 7.52. The molecule has 6 rings (SSSR count). The minimum atomic E-state index is -0.420. The van der Waals surface area contributed by atoms with Crippen molar-refractivity contribution in [1.82, 2.24) is 0 Å². The molecule has 1 saturated heterocycles. The molecule has 2 aliphatic carbocycles. The van der Waals surface area contributed by atoms with Crippen molar-refractivity contribution in [2.45, 2.75) is 0 Å². The van der Waals surface area contributed by atoms with Crippen LogP contribution in [0.1, 0.15) is 11.1 Å². The Labute approximate surface area is 201 Å². The van der Waals surface area contributed by atoms with Crippen molar-refractivity contribution < 1.29 is 9.59 Å². The summed E-state index contributed by atoms with van der Waals surface area (Å²) in [5.41, 5.74) is 4.86. The molecule has 0 unspecified atom stereocenters. The molecule has 1 aliphatic heterocycles. The van der Waals surface area contributed by atoms with Gasteiger partial charge in [-0.05, 0) is 40.5 Å². The van der Waals surface area contributed by atoms with E-state index < -0.39 is 11.8 Å². The molecule has 1 saturated carbocycles. The van der Waals surface area contributed by atoms with E-state index in [1.54, 1.807) is 18.2 Å². The first-order chi connectivity index (χ1) is 16.1. The van der Waals surface area contributed by atoms with Gasteiger partial charge < -0.3 is 0 Å². The van der Waals surface area contributed by atoms with Gasteiger partial charge in [0.05, 0.1) is 22.5 Å². The molecule has 0 spiro atoms. The maximum atomic E-state index is 13.6. The summed E-state index contributed by atoms with van der Waals surface area (Å²) in [7, 11) is 0. The molecule has 5 heteroatoms. The first kappa shape index (κ1) is 20.5. The quantitative estimate of drug-likeness (QED) is 0.326. The second-order valence-corrected chi connectivity index (χ2v) is 9.50. The molecular formula is C28H19Cl2NO2. The van der Waals surface area contributed by atoms with E-state index >= 15 is 0 Å². The molecule has 3 aromatic carbocycles. The average molecular weight is 472 g/mol. The predicted molar refractivity (Wildman–Crippen MR) is 131 cm³/mol. The lowest BCUT2D eigenvalue weighted by molar-refractivity contribution is -0.122. The zero-order valence-electron chi connectivity index (χ0n) is 17.5. The molecule has 162 valence electrons. The van der Waals surface area contributed by atoms with Gasteiger partial charge >= 0.3 is 0 Å².